The molecule has 6 nitrogen and oxygen atoms in total. The van der Waals surface area contributed by atoms with Gasteiger partial charge in [-0.3, -0.25) is 24.8 Å². The normalized spacial score (nSPS) is 18.9. The van der Waals surface area contributed by atoms with Gasteiger partial charge in [-0.05, 0) is 46.8 Å². The van der Waals surface area contributed by atoms with E-state index in [0.717, 1.165) is 56.3 Å². The molecule has 134 valence electrons. The van der Waals surface area contributed by atoms with Crippen molar-refractivity contribution in [2.24, 2.45) is 4.99 Å². The van der Waals surface area contributed by atoms with Crippen LogP contribution in [-0.4, -0.2) is 27.1 Å². The summed E-state index contributed by atoms with van der Waals surface area (Å²) in [5, 5.41) is 11.2. The number of nitro groups is 1. The maximum atomic E-state index is 13.1. The Kier molecular flexibility index (Phi) is 5.22. The van der Waals surface area contributed by atoms with Gasteiger partial charge in [-0.2, -0.15) is 0 Å². The Balaban J connectivity index is 1.87. The van der Waals surface area contributed by atoms with Crippen molar-refractivity contribution in [3.8, 4) is 0 Å². The Morgan fingerprint density at radius 3 is 2.72 bits per heavy atom. The average molecular weight is 408 g/mol. The Labute approximate surface area is 155 Å². The van der Waals surface area contributed by atoms with Gasteiger partial charge < -0.3 is 0 Å². The van der Waals surface area contributed by atoms with E-state index in [1.807, 2.05) is 6.07 Å². The van der Waals surface area contributed by atoms with Crippen LogP contribution in [0, 0.1) is 10.1 Å². The first-order chi connectivity index (χ1) is 12.0. The highest BCUT2D eigenvalue weighted by molar-refractivity contribution is 9.10. The van der Waals surface area contributed by atoms with Crippen molar-refractivity contribution in [2.45, 2.75) is 64.0 Å². The standard InChI is InChI=1S/C18H22BrN3O3/c1-2-3-6-16-20-18(9-4-5-10-18)17(23)21(16)12-13-7-8-14(19)15(11-13)22(24)25/h7-8,11H,2-6,9-10,12H2,1H3. The molecule has 1 aromatic rings. The first-order valence-corrected chi connectivity index (χ1v) is 9.59. The van der Waals surface area contributed by atoms with Crippen molar-refractivity contribution in [1.82, 2.24) is 4.90 Å². The number of nitrogens with zero attached hydrogens (tertiary/aromatic N) is 3. The minimum atomic E-state index is -0.565. The number of amides is 1. The molecule has 1 amide bonds. The molecule has 1 saturated carbocycles. The van der Waals surface area contributed by atoms with Gasteiger partial charge in [-0.1, -0.05) is 32.3 Å². The lowest BCUT2D eigenvalue weighted by molar-refractivity contribution is -0.385. The zero-order chi connectivity index (χ0) is 18.0. The minimum Gasteiger partial charge on any atom is -0.294 e. The molecule has 0 aromatic heterocycles. The summed E-state index contributed by atoms with van der Waals surface area (Å²) >= 11 is 3.20. The van der Waals surface area contributed by atoms with Gasteiger partial charge in [-0.25, -0.2) is 0 Å². The topological polar surface area (TPSA) is 75.8 Å². The lowest BCUT2D eigenvalue weighted by Crippen LogP contribution is -2.40. The van der Waals surface area contributed by atoms with Crippen LogP contribution in [0.4, 0.5) is 5.69 Å². The molecular weight excluding hydrogens is 386 g/mol. The second-order valence-corrected chi connectivity index (χ2v) is 7.66. The summed E-state index contributed by atoms with van der Waals surface area (Å²) in [5.41, 5.74) is 0.207. The number of carbonyl (C=O) groups excluding carboxylic acids is 1. The molecule has 1 spiro atoms. The summed E-state index contributed by atoms with van der Waals surface area (Å²) in [6, 6.07) is 5.03. The van der Waals surface area contributed by atoms with Gasteiger partial charge in [0.15, 0.2) is 0 Å². The Morgan fingerprint density at radius 2 is 2.08 bits per heavy atom. The molecule has 0 radical (unpaired) electrons. The molecule has 7 heteroatoms. The minimum absolute atomic E-state index is 0.0202. The van der Waals surface area contributed by atoms with E-state index in [1.54, 1.807) is 11.0 Å². The van der Waals surface area contributed by atoms with Crippen LogP contribution in [-0.2, 0) is 11.3 Å². The molecule has 0 unspecified atom stereocenters. The van der Waals surface area contributed by atoms with E-state index in [2.05, 4.69) is 22.9 Å². The number of hydrogen-bond donors (Lipinski definition) is 0. The highest BCUT2D eigenvalue weighted by atomic mass is 79.9. The number of hydrogen-bond acceptors (Lipinski definition) is 4. The molecule has 1 aliphatic heterocycles. The van der Waals surface area contributed by atoms with Gasteiger partial charge in [0.2, 0.25) is 0 Å². The van der Waals surface area contributed by atoms with E-state index in [4.69, 9.17) is 4.99 Å². The van der Waals surface area contributed by atoms with Crippen LogP contribution in [0.1, 0.15) is 57.4 Å². The predicted molar refractivity (Wildman–Crippen MR) is 99.5 cm³/mol. The number of carbonyl (C=O) groups is 1. The molecule has 25 heavy (non-hydrogen) atoms. The van der Waals surface area contributed by atoms with E-state index in [-0.39, 0.29) is 11.6 Å². The van der Waals surface area contributed by atoms with Gasteiger partial charge in [0.25, 0.3) is 11.6 Å². The van der Waals surface area contributed by atoms with Crippen LogP contribution in [0.5, 0.6) is 0 Å². The van der Waals surface area contributed by atoms with Gasteiger partial charge in [-0.15, -0.1) is 0 Å². The molecule has 0 bridgehead atoms. The number of benzene rings is 1. The monoisotopic (exact) mass is 407 g/mol. The number of halogens is 1. The second-order valence-electron chi connectivity index (χ2n) is 6.80. The van der Waals surface area contributed by atoms with Crippen LogP contribution in [0.3, 0.4) is 0 Å². The second kappa shape index (κ2) is 7.23. The predicted octanol–water partition coefficient (Wildman–Crippen LogP) is 4.60. The molecule has 0 atom stereocenters. The molecule has 1 aromatic carbocycles. The van der Waals surface area contributed by atoms with E-state index in [1.165, 1.54) is 6.07 Å². The van der Waals surface area contributed by atoms with Gasteiger partial charge in [0, 0.05) is 12.5 Å². The molecule has 0 N–H and O–H groups in total. The van der Waals surface area contributed by atoms with E-state index in [0.29, 0.717) is 11.0 Å². The van der Waals surface area contributed by atoms with Crippen LogP contribution in [0.15, 0.2) is 27.7 Å². The highest BCUT2D eigenvalue weighted by Gasteiger charge is 2.49. The number of amidine groups is 1. The molecule has 1 heterocycles. The molecule has 1 aliphatic carbocycles. The molecule has 1 fully saturated rings. The summed E-state index contributed by atoms with van der Waals surface area (Å²) in [5.74, 6) is 0.918. The Morgan fingerprint density at radius 1 is 1.36 bits per heavy atom. The lowest BCUT2D eigenvalue weighted by atomic mass is 9.98. The van der Waals surface area contributed by atoms with Crippen LogP contribution >= 0.6 is 15.9 Å². The largest absolute Gasteiger partial charge is 0.294 e. The number of nitro benzene ring substituents is 1. The van der Waals surface area contributed by atoms with Crippen molar-refractivity contribution < 1.29 is 9.72 Å². The van der Waals surface area contributed by atoms with Gasteiger partial charge >= 0.3 is 0 Å². The van der Waals surface area contributed by atoms with Crippen molar-refractivity contribution in [2.75, 3.05) is 0 Å². The van der Waals surface area contributed by atoms with E-state index >= 15 is 0 Å². The van der Waals surface area contributed by atoms with Crippen LogP contribution in [0.25, 0.3) is 0 Å². The number of aliphatic imine (C=N–C) groups is 1. The fraction of sp³-hybridized carbons (Fsp3) is 0.556. The number of rotatable bonds is 6. The van der Waals surface area contributed by atoms with Crippen LogP contribution < -0.4 is 0 Å². The zero-order valence-electron chi connectivity index (χ0n) is 14.3. The zero-order valence-corrected chi connectivity index (χ0v) is 15.9. The maximum absolute atomic E-state index is 13.1. The first-order valence-electron chi connectivity index (χ1n) is 8.80. The third kappa shape index (κ3) is 3.47. The first kappa shape index (κ1) is 18.0. The van der Waals surface area contributed by atoms with Crippen molar-refractivity contribution in [1.29, 1.82) is 0 Å². The van der Waals surface area contributed by atoms with Crippen molar-refractivity contribution in [3.63, 3.8) is 0 Å². The quantitative estimate of drug-likeness (QED) is 0.510. The van der Waals surface area contributed by atoms with Gasteiger partial charge in [0.05, 0.1) is 15.9 Å². The van der Waals surface area contributed by atoms with Crippen LogP contribution in [0.2, 0.25) is 0 Å². The molecular formula is C18H22BrN3O3. The van der Waals surface area contributed by atoms with Crippen molar-refractivity contribution in [3.05, 3.63) is 38.3 Å². The van der Waals surface area contributed by atoms with E-state index < -0.39 is 10.5 Å². The Bertz CT molecular complexity index is 726. The highest BCUT2D eigenvalue weighted by Crippen LogP contribution is 2.40. The fourth-order valence-electron chi connectivity index (χ4n) is 3.68. The maximum Gasteiger partial charge on any atom is 0.283 e. The molecule has 0 saturated heterocycles. The summed E-state index contributed by atoms with van der Waals surface area (Å²) in [4.78, 5) is 30.4. The summed E-state index contributed by atoms with van der Waals surface area (Å²) in [7, 11) is 0. The summed E-state index contributed by atoms with van der Waals surface area (Å²) < 4.78 is 0.445. The number of unbranched alkanes of at least 4 members (excludes halogenated alkanes) is 1. The van der Waals surface area contributed by atoms with Gasteiger partial charge in [0.1, 0.15) is 11.4 Å². The SMILES string of the molecule is CCCCC1=NC2(CCCC2)C(=O)N1Cc1ccc(Br)c([N+](=O)[O-])c1. The van der Waals surface area contributed by atoms with Crippen molar-refractivity contribution >= 4 is 33.4 Å². The third-order valence-corrected chi connectivity index (χ3v) is 5.70. The lowest BCUT2D eigenvalue weighted by Gasteiger charge is -2.22. The molecule has 3 rings (SSSR count). The fourth-order valence-corrected chi connectivity index (χ4v) is 4.07. The Hall–Kier alpha value is -1.76. The third-order valence-electron chi connectivity index (χ3n) is 5.03. The average Bonchev–Trinajstić information content (AvgIpc) is 3.15. The van der Waals surface area contributed by atoms with E-state index in [9.17, 15) is 14.9 Å². The summed E-state index contributed by atoms with van der Waals surface area (Å²) in [6.45, 7) is 2.46. The smallest absolute Gasteiger partial charge is 0.283 e. The molecule has 2 aliphatic rings. The summed E-state index contributed by atoms with van der Waals surface area (Å²) in [6.07, 6.45) is 6.51.